The van der Waals surface area contributed by atoms with E-state index >= 15 is 0 Å². The minimum Gasteiger partial charge on any atom is -0.480 e. The van der Waals surface area contributed by atoms with E-state index in [4.69, 9.17) is 5.11 Å². The summed E-state index contributed by atoms with van der Waals surface area (Å²) in [5, 5.41) is 23.3. The molecule has 2 bridgehead atoms. The summed E-state index contributed by atoms with van der Waals surface area (Å²) in [4.78, 5) is 22.5. The molecule has 6 heteroatoms. The summed E-state index contributed by atoms with van der Waals surface area (Å²) in [6.07, 6.45) is 3.44. The highest BCUT2D eigenvalue weighted by Crippen LogP contribution is 2.44. The Hall–Kier alpha value is -1.30. The predicted octanol–water partition coefficient (Wildman–Crippen LogP) is 0.308. The summed E-state index contributed by atoms with van der Waals surface area (Å²) in [7, 11) is 0. The van der Waals surface area contributed by atoms with Gasteiger partial charge in [-0.1, -0.05) is 6.42 Å². The van der Waals surface area contributed by atoms with Crippen LogP contribution in [-0.2, 0) is 4.79 Å². The number of aliphatic carboxylic acids is 1. The first-order valence-electron chi connectivity index (χ1n) is 6.45. The van der Waals surface area contributed by atoms with Crippen LogP contribution in [0.2, 0.25) is 0 Å². The minimum atomic E-state index is -1.26. The molecular weight excluding hydrogens is 236 g/mol. The average Bonchev–Trinajstić information content (AvgIpc) is 2.86. The topological polar surface area (TPSA) is 98.7 Å². The molecule has 18 heavy (non-hydrogen) atoms. The van der Waals surface area contributed by atoms with Gasteiger partial charge in [0.25, 0.3) is 0 Å². The lowest BCUT2D eigenvalue weighted by molar-refractivity contribution is -0.141. The molecule has 2 rings (SSSR count). The Labute approximate surface area is 106 Å². The predicted molar refractivity (Wildman–Crippen MR) is 64.0 cm³/mol. The van der Waals surface area contributed by atoms with Crippen LogP contribution >= 0.6 is 0 Å². The van der Waals surface area contributed by atoms with Crippen molar-refractivity contribution in [3.05, 3.63) is 0 Å². The van der Waals surface area contributed by atoms with Crippen molar-refractivity contribution in [2.75, 3.05) is 0 Å². The lowest BCUT2D eigenvalue weighted by Gasteiger charge is -2.24. The number of rotatable bonds is 4. The third kappa shape index (κ3) is 2.75. The van der Waals surface area contributed by atoms with Crippen molar-refractivity contribution < 1.29 is 19.8 Å². The fourth-order valence-electron chi connectivity index (χ4n) is 3.16. The molecule has 0 spiro atoms. The number of aliphatic hydroxyl groups excluding tert-OH is 1. The standard InChI is InChI=1S/C12H20N2O4/c1-6(15)10(11(16)17)14-12(18)13-9-5-7-2-3-8(9)4-7/h6-10,15H,2-5H2,1H3,(H,16,17)(H2,13,14,18). The lowest BCUT2D eigenvalue weighted by atomic mass is 9.95. The molecule has 5 unspecified atom stereocenters. The van der Waals surface area contributed by atoms with E-state index in [2.05, 4.69) is 10.6 Å². The quantitative estimate of drug-likeness (QED) is 0.581. The van der Waals surface area contributed by atoms with Crippen LogP contribution in [0.4, 0.5) is 4.79 Å². The zero-order valence-corrected chi connectivity index (χ0v) is 10.4. The van der Waals surface area contributed by atoms with Crippen molar-refractivity contribution in [1.82, 2.24) is 10.6 Å². The van der Waals surface area contributed by atoms with Crippen LogP contribution in [0.25, 0.3) is 0 Å². The number of carbonyl (C=O) groups is 2. The van der Waals surface area contributed by atoms with E-state index in [0.29, 0.717) is 11.8 Å². The van der Waals surface area contributed by atoms with E-state index in [1.165, 1.54) is 19.8 Å². The van der Waals surface area contributed by atoms with Crippen LogP contribution in [-0.4, -0.2) is 40.4 Å². The summed E-state index contributed by atoms with van der Waals surface area (Å²) in [5.74, 6) is 0.0241. The van der Waals surface area contributed by atoms with Crippen LogP contribution in [0.15, 0.2) is 0 Å². The molecule has 0 aromatic carbocycles. The number of aliphatic hydroxyl groups is 1. The van der Waals surface area contributed by atoms with Gasteiger partial charge in [0.15, 0.2) is 6.04 Å². The molecule has 0 aromatic heterocycles. The monoisotopic (exact) mass is 256 g/mol. The van der Waals surface area contributed by atoms with Gasteiger partial charge in [-0.3, -0.25) is 0 Å². The summed E-state index contributed by atoms with van der Waals surface area (Å²) in [5.41, 5.74) is 0. The van der Waals surface area contributed by atoms with Gasteiger partial charge in [0.1, 0.15) is 0 Å². The molecule has 5 atom stereocenters. The third-order valence-electron chi connectivity index (χ3n) is 4.09. The normalized spacial score (nSPS) is 32.9. The second-order valence-corrected chi connectivity index (χ2v) is 5.46. The Morgan fingerprint density at radius 2 is 2.00 bits per heavy atom. The SMILES string of the molecule is CC(O)C(NC(=O)NC1CC2CCC1C2)C(=O)O. The number of nitrogens with one attached hydrogen (secondary N) is 2. The highest BCUT2D eigenvalue weighted by atomic mass is 16.4. The second-order valence-electron chi connectivity index (χ2n) is 5.46. The van der Waals surface area contributed by atoms with Crippen molar-refractivity contribution in [2.45, 2.75) is 50.8 Å². The van der Waals surface area contributed by atoms with Gasteiger partial charge in [-0.25, -0.2) is 9.59 Å². The van der Waals surface area contributed by atoms with Gasteiger partial charge in [0.05, 0.1) is 6.10 Å². The zero-order valence-electron chi connectivity index (χ0n) is 10.4. The second kappa shape index (κ2) is 5.14. The molecule has 0 aromatic rings. The van der Waals surface area contributed by atoms with Gasteiger partial charge in [-0.15, -0.1) is 0 Å². The van der Waals surface area contributed by atoms with E-state index < -0.39 is 24.1 Å². The summed E-state index contributed by atoms with van der Waals surface area (Å²) in [6.45, 7) is 1.34. The van der Waals surface area contributed by atoms with E-state index in [9.17, 15) is 14.7 Å². The van der Waals surface area contributed by atoms with Gasteiger partial charge in [-0.05, 0) is 38.0 Å². The fraction of sp³-hybridized carbons (Fsp3) is 0.833. The Bertz CT molecular complexity index is 345. The molecule has 0 heterocycles. The number of fused-ring (bicyclic) bond motifs is 2. The molecule has 2 aliphatic rings. The maximum absolute atomic E-state index is 11.7. The van der Waals surface area contributed by atoms with Crippen LogP contribution in [0.5, 0.6) is 0 Å². The zero-order chi connectivity index (χ0) is 13.3. The number of hydrogen-bond donors (Lipinski definition) is 4. The number of hydrogen-bond acceptors (Lipinski definition) is 3. The van der Waals surface area contributed by atoms with Crippen molar-refractivity contribution in [3.8, 4) is 0 Å². The minimum absolute atomic E-state index is 0.159. The van der Waals surface area contributed by atoms with Crippen LogP contribution < -0.4 is 10.6 Å². The molecule has 2 amide bonds. The number of carboxylic acid groups (broad SMARTS) is 1. The highest BCUT2D eigenvalue weighted by Gasteiger charge is 2.40. The van der Waals surface area contributed by atoms with Crippen molar-refractivity contribution in [2.24, 2.45) is 11.8 Å². The maximum atomic E-state index is 11.7. The molecule has 2 aliphatic carbocycles. The number of urea groups is 1. The van der Waals surface area contributed by atoms with Crippen molar-refractivity contribution in [3.63, 3.8) is 0 Å². The molecule has 2 saturated carbocycles. The largest absolute Gasteiger partial charge is 0.480 e. The van der Waals surface area contributed by atoms with Gasteiger partial charge >= 0.3 is 12.0 Å². The fourth-order valence-corrected chi connectivity index (χ4v) is 3.16. The third-order valence-corrected chi connectivity index (χ3v) is 4.09. The van der Waals surface area contributed by atoms with Gasteiger partial charge in [0, 0.05) is 6.04 Å². The molecule has 0 saturated heterocycles. The van der Waals surface area contributed by atoms with Crippen molar-refractivity contribution in [1.29, 1.82) is 0 Å². The van der Waals surface area contributed by atoms with Crippen LogP contribution in [0.3, 0.4) is 0 Å². The Morgan fingerprint density at radius 1 is 1.28 bits per heavy atom. The summed E-state index contributed by atoms with van der Waals surface area (Å²) < 4.78 is 0. The lowest BCUT2D eigenvalue weighted by Crippen LogP contribution is -2.53. The first kappa shape index (κ1) is 13.1. The van der Waals surface area contributed by atoms with Gasteiger partial charge in [0.2, 0.25) is 0 Å². The molecule has 102 valence electrons. The van der Waals surface area contributed by atoms with E-state index in [1.807, 2.05) is 0 Å². The smallest absolute Gasteiger partial charge is 0.328 e. The average molecular weight is 256 g/mol. The number of carboxylic acids is 1. The van der Waals surface area contributed by atoms with Gasteiger partial charge < -0.3 is 20.8 Å². The van der Waals surface area contributed by atoms with Crippen molar-refractivity contribution >= 4 is 12.0 Å². The summed E-state index contributed by atoms with van der Waals surface area (Å²) >= 11 is 0. The molecule has 6 nitrogen and oxygen atoms in total. The maximum Gasteiger partial charge on any atom is 0.328 e. The first-order valence-corrected chi connectivity index (χ1v) is 6.45. The van der Waals surface area contributed by atoms with Crippen LogP contribution in [0.1, 0.15) is 32.6 Å². The van der Waals surface area contributed by atoms with E-state index in [0.717, 1.165) is 12.8 Å². The number of amides is 2. The molecular formula is C12H20N2O4. The highest BCUT2D eigenvalue weighted by molar-refractivity contribution is 5.83. The Kier molecular flexibility index (Phi) is 3.75. The van der Waals surface area contributed by atoms with E-state index in [1.54, 1.807) is 0 Å². The van der Waals surface area contributed by atoms with Gasteiger partial charge in [-0.2, -0.15) is 0 Å². The molecule has 2 fully saturated rings. The Balaban J connectivity index is 1.83. The number of carbonyl (C=O) groups excluding carboxylic acids is 1. The molecule has 0 radical (unpaired) electrons. The molecule has 4 N–H and O–H groups in total. The first-order chi connectivity index (χ1) is 8.47. The molecule has 0 aliphatic heterocycles. The summed E-state index contributed by atoms with van der Waals surface area (Å²) in [6, 6.07) is -1.60. The Morgan fingerprint density at radius 3 is 2.44 bits per heavy atom. The van der Waals surface area contributed by atoms with Crippen LogP contribution in [0, 0.1) is 11.8 Å². The van der Waals surface area contributed by atoms with E-state index in [-0.39, 0.29) is 6.04 Å².